The van der Waals surface area contributed by atoms with Gasteiger partial charge in [-0.3, -0.25) is 0 Å². The molecule has 0 aliphatic heterocycles. The van der Waals surface area contributed by atoms with Gasteiger partial charge in [-0.25, -0.2) is 0 Å². The maximum absolute atomic E-state index is 12.0. The van der Waals surface area contributed by atoms with Gasteiger partial charge in [-0.15, -0.1) is 0 Å². The topological polar surface area (TPSA) is 38.2 Å². The summed E-state index contributed by atoms with van der Waals surface area (Å²) in [6, 6.07) is 2.95. The first-order valence-corrected chi connectivity index (χ1v) is 5.04. The molecule has 15 heavy (non-hydrogen) atoms. The van der Waals surface area contributed by atoms with E-state index in [2.05, 4.69) is 25.7 Å². The number of ether oxygens (including phenoxy) is 1. The van der Waals surface area contributed by atoms with E-state index in [0.29, 0.717) is 15.6 Å². The summed E-state index contributed by atoms with van der Waals surface area (Å²) in [6.45, 7) is -2.87. The maximum atomic E-state index is 12.0. The third-order valence-corrected chi connectivity index (χ3v) is 2.65. The lowest BCUT2D eigenvalue weighted by Crippen LogP contribution is -2.02. The van der Waals surface area contributed by atoms with E-state index in [0.717, 1.165) is 0 Å². The van der Waals surface area contributed by atoms with E-state index in [1.54, 1.807) is 6.07 Å². The van der Waals surface area contributed by atoms with Crippen molar-refractivity contribution in [2.24, 2.45) is 0 Å². The van der Waals surface area contributed by atoms with Crippen molar-refractivity contribution in [1.29, 1.82) is 0 Å². The number of H-pyrrole nitrogens is 1. The van der Waals surface area contributed by atoms with Crippen molar-refractivity contribution in [3.63, 3.8) is 0 Å². The molecule has 7 heteroatoms. The molecule has 0 unspecified atom stereocenters. The smallest absolute Gasteiger partial charge is 0.387 e. The lowest BCUT2D eigenvalue weighted by atomic mass is 10.3. The molecule has 0 amide bonds. The number of oxazole rings is 1. The number of rotatable bonds is 2. The molecule has 0 aliphatic rings. The molecule has 0 atom stereocenters. The fourth-order valence-electron chi connectivity index (χ4n) is 1.15. The van der Waals surface area contributed by atoms with Crippen molar-refractivity contribution in [1.82, 2.24) is 4.98 Å². The largest absolute Gasteiger partial charge is 0.433 e. The number of hydrogen-bond acceptors (Lipinski definition) is 3. The number of halogens is 3. The van der Waals surface area contributed by atoms with E-state index in [1.165, 1.54) is 6.07 Å². The number of aromatic nitrogens is 1. The molecule has 0 saturated heterocycles. The lowest BCUT2D eigenvalue weighted by Gasteiger charge is -2.05. The monoisotopic (exact) mass is 295 g/mol. The summed E-state index contributed by atoms with van der Waals surface area (Å²) < 4.78 is 33.7. The molecule has 2 aromatic rings. The van der Waals surface area contributed by atoms with Gasteiger partial charge in [-0.05, 0) is 40.3 Å². The van der Waals surface area contributed by atoms with Gasteiger partial charge in [0.1, 0.15) is 10.2 Å². The Bertz CT molecular complexity index is 551. The third kappa shape index (κ3) is 2.03. The highest BCUT2D eigenvalue weighted by Crippen LogP contribution is 2.33. The average Bonchev–Trinajstić information content (AvgIpc) is 2.51. The van der Waals surface area contributed by atoms with Crippen LogP contribution in [0.3, 0.4) is 0 Å². The second-order valence-corrected chi connectivity index (χ2v) is 3.81. The van der Waals surface area contributed by atoms with Gasteiger partial charge in [-0.2, -0.15) is 8.78 Å². The van der Waals surface area contributed by atoms with Gasteiger partial charge in [0.15, 0.2) is 5.58 Å². The third-order valence-electron chi connectivity index (χ3n) is 1.71. The molecular formula is C8H4BrF2NO2S. The molecular weight excluding hydrogens is 292 g/mol. The van der Waals surface area contributed by atoms with Crippen LogP contribution in [0.15, 0.2) is 21.0 Å². The van der Waals surface area contributed by atoms with E-state index in [1.807, 2.05) is 0 Å². The van der Waals surface area contributed by atoms with Crippen LogP contribution < -0.4 is 4.74 Å². The van der Waals surface area contributed by atoms with Crippen LogP contribution in [-0.4, -0.2) is 11.6 Å². The molecule has 1 aromatic heterocycles. The normalized spacial score (nSPS) is 11.2. The predicted molar refractivity (Wildman–Crippen MR) is 55.7 cm³/mol. The maximum Gasteiger partial charge on any atom is 0.387 e. The Morgan fingerprint density at radius 2 is 2.20 bits per heavy atom. The Morgan fingerprint density at radius 1 is 1.47 bits per heavy atom. The van der Waals surface area contributed by atoms with Crippen LogP contribution >= 0.6 is 28.1 Å². The summed E-state index contributed by atoms with van der Waals surface area (Å²) in [5.41, 5.74) is 0.978. The van der Waals surface area contributed by atoms with Crippen LogP contribution in [0.2, 0.25) is 0 Å². The van der Waals surface area contributed by atoms with Crippen molar-refractivity contribution < 1.29 is 17.9 Å². The predicted octanol–water partition coefficient (Wildman–Crippen LogP) is 3.85. The minimum Gasteiger partial charge on any atom is -0.433 e. The second-order valence-electron chi connectivity index (χ2n) is 2.65. The summed E-state index contributed by atoms with van der Waals surface area (Å²) in [7, 11) is 0. The zero-order valence-electron chi connectivity index (χ0n) is 7.09. The Kier molecular flexibility index (Phi) is 2.74. The molecule has 0 aliphatic carbocycles. The first kappa shape index (κ1) is 10.6. The van der Waals surface area contributed by atoms with Gasteiger partial charge < -0.3 is 14.1 Å². The summed E-state index contributed by atoms with van der Waals surface area (Å²) in [5.74, 6) is 0.00949. The van der Waals surface area contributed by atoms with Gasteiger partial charge in [0.25, 0.3) is 4.84 Å². The standard InChI is InChI=1S/C8H4BrF2NO2S/c9-5-4(13-7(10)11)2-1-3-6(5)14-8(15)12-3/h1-2,7H,(H,12,15). The van der Waals surface area contributed by atoms with E-state index in [9.17, 15) is 8.78 Å². The van der Waals surface area contributed by atoms with Crippen LogP contribution in [0, 0.1) is 4.84 Å². The zero-order valence-corrected chi connectivity index (χ0v) is 9.49. The highest BCUT2D eigenvalue weighted by molar-refractivity contribution is 9.10. The van der Waals surface area contributed by atoms with Crippen molar-refractivity contribution in [2.75, 3.05) is 0 Å². The summed E-state index contributed by atoms with van der Waals surface area (Å²) in [5, 5.41) is 0. The molecule has 1 heterocycles. The van der Waals surface area contributed by atoms with Crippen LogP contribution in [0.4, 0.5) is 8.78 Å². The van der Waals surface area contributed by atoms with Gasteiger partial charge >= 0.3 is 6.61 Å². The minimum atomic E-state index is -2.87. The Hall–Kier alpha value is -0.950. The van der Waals surface area contributed by atoms with Crippen molar-refractivity contribution in [3.8, 4) is 5.75 Å². The molecule has 2 rings (SSSR count). The second kappa shape index (κ2) is 3.90. The molecule has 3 nitrogen and oxygen atoms in total. The molecule has 0 radical (unpaired) electrons. The van der Waals surface area contributed by atoms with Crippen molar-refractivity contribution in [3.05, 3.63) is 21.4 Å². The van der Waals surface area contributed by atoms with Crippen LogP contribution in [0.1, 0.15) is 0 Å². The quantitative estimate of drug-likeness (QED) is 0.855. The molecule has 80 valence electrons. The van der Waals surface area contributed by atoms with Gasteiger partial charge in [0.2, 0.25) is 0 Å². The fourth-order valence-corrected chi connectivity index (χ4v) is 1.86. The number of benzene rings is 1. The number of aromatic amines is 1. The Balaban J connectivity index is 2.59. The van der Waals surface area contributed by atoms with Gasteiger partial charge in [-0.1, -0.05) is 0 Å². The van der Waals surface area contributed by atoms with Crippen LogP contribution in [0.25, 0.3) is 11.1 Å². The van der Waals surface area contributed by atoms with Crippen molar-refractivity contribution in [2.45, 2.75) is 6.61 Å². The Labute approximate surface area is 96.2 Å². The molecule has 0 fully saturated rings. The number of alkyl halides is 2. The van der Waals surface area contributed by atoms with Crippen molar-refractivity contribution >= 4 is 39.2 Å². The molecule has 1 aromatic carbocycles. The number of hydrogen-bond donors (Lipinski definition) is 1. The highest BCUT2D eigenvalue weighted by atomic mass is 79.9. The summed E-state index contributed by atoms with van der Waals surface area (Å²) in [4.78, 5) is 2.94. The lowest BCUT2D eigenvalue weighted by molar-refractivity contribution is -0.0502. The number of fused-ring (bicyclic) bond motifs is 1. The first-order valence-electron chi connectivity index (χ1n) is 3.84. The van der Waals surface area contributed by atoms with E-state index in [-0.39, 0.29) is 10.6 Å². The molecule has 0 saturated carbocycles. The summed E-state index contributed by atoms with van der Waals surface area (Å²) in [6.07, 6.45) is 0. The zero-order chi connectivity index (χ0) is 11.0. The highest BCUT2D eigenvalue weighted by Gasteiger charge is 2.13. The van der Waals surface area contributed by atoms with Crippen LogP contribution in [0.5, 0.6) is 5.75 Å². The first-order chi connectivity index (χ1) is 7.08. The summed E-state index contributed by atoms with van der Waals surface area (Å²) >= 11 is 7.88. The molecule has 0 bridgehead atoms. The van der Waals surface area contributed by atoms with E-state index in [4.69, 9.17) is 16.6 Å². The van der Waals surface area contributed by atoms with Gasteiger partial charge in [0, 0.05) is 0 Å². The Morgan fingerprint density at radius 3 is 2.87 bits per heavy atom. The average molecular weight is 296 g/mol. The fraction of sp³-hybridized carbons (Fsp3) is 0.125. The van der Waals surface area contributed by atoms with E-state index >= 15 is 0 Å². The van der Waals surface area contributed by atoms with E-state index < -0.39 is 6.61 Å². The van der Waals surface area contributed by atoms with Crippen LogP contribution in [-0.2, 0) is 0 Å². The van der Waals surface area contributed by atoms with Gasteiger partial charge in [0.05, 0.1) is 5.52 Å². The SMILES string of the molecule is FC(F)Oc1ccc2[nH]c(=S)oc2c1Br. The molecule has 1 N–H and O–H groups in total. The minimum absolute atomic E-state index is 0.00949. The number of nitrogens with one attached hydrogen (secondary N) is 1. The molecule has 0 spiro atoms.